The Kier molecular flexibility index (Phi) is 5.33. The van der Waals surface area contributed by atoms with Gasteiger partial charge in [-0.25, -0.2) is 4.98 Å². The Bertz CT molecular complexity index is 975. The number of nitrogens with one attached hydrogen (secondary N) is 1. The van der Waals surface area contributed by atoms with Gasteiger partial charge in [0, 0.05) is 11.1 Å². The van der Waals surface area contributed by atoms with Gasteiger partial charge in [-0.2, -0.15) is 0 Å². The van der Waals surface area contributed by atoms with Crippen LogP contribution in [0.4, 0.5) is 5.69 Å². The van der Waals surface area contributed by atoms with Crippen LogP contribution < -0.4 is 5.32 Å². The smallest absolute Gasteiger partial charge is 0.234 e. The molecule has 0 aliphatic heterocycles. The number of hydrogen-bond acceptors (Lipinski definition) is 3. The van der Waals surface area contributed by atoms with Crippen LogP contribution >= 0.6 is 11.8 Å². The minimum atomic E-state index is -0.0137. The first-order chi connectivity index (χ1) is 12.3. The minimum Gasteiger partial charge on any atom is -0.325 e. The van der Waals surface area contributed by atoms with Gasteiger partial charge in [-0.15, -0.1) is 0 Å². The number of nitrogens with zero attached hydrogens (tertiary/aromatic N) is 1. The monoisotopic (exact) mass is 364 g/mol. The van der Waals surface area contributed by atoms with E-state index in [0.29, 0.717) is 5.75 Å². The fourth-order valence-corrected chi connectivity index (χ4v) is 4.04. The second-order valence-electron chi connectivity index (χ2n) is 6.97. The van der Waals surface area contributed by atoms with E-state index < -0.39 is 0 Å². The summed E-state index contributed by atoms with van der Waals surface area (Å²) in [5, 5.41) is 5.05. The van der Waals surface area contributed by atoms with E-state index in [1.807, 2.05) is 26.0 Å². The Labute approximate surface area is 159 Å². The summed E-state index contributed by atoms with van der Waals surface area (Å²) in [6.07, 6.45) is 0. The van der Waals surface area contributed by atoms with E-state index in [-0.39, 0.29) is 5.91 Å². The van der Waals surface area contributed by atoms with Crippen LogP contribution in [-0.4, -0.2) is 16.6 Å². The van der Waals surface area contributed by atoms with Gasteiger partial charge in [-0.1, -0.05) is 29.5 Å². The third-order valence-corrected chi connectivity index (χ3v) is 5.20. The van der Waals surface area contributed by atoms with Crippen molar-refractivity contribution in [3.63, 3.8) is 0 Å². The topological polar surface area (TPSA) is 42.0 Å². The fourth-order valence-electron chi connectivity index (χ4n) is 3.27. The first-order valence-electron chi connectivity index (χ1n) is 8.71. The lowest BCUT2D eigenvalue weighted by molar-refractivity contribution is -0.113. The van der Waals surface area contributed by atoms with Gasteiger partial charge in [-0.3, -0.25) is 4.79 Å². The van der Waals surface area contributed by atoms with E-state index in [2.05, 4.69) is 50.4 Å². The predicted molar refractivity (Wildman–Crippen MR) is 111 cm³/mol. The number of amides is 1. The van der Waals surface area contributed by atoms with Crippen molar-refractivity contribution in [2.75, 3.05) is 11.1 Å². The number of fused-ring (bicyclic) bond motifs is 1. The zero-order chi connectivity index (χ0) is 18.8. The quantitative estimate of drug-likeness (QED) is 0.621. The second-order valence-corrected chi connectivity index (χ2v) is 7.96. The molecule has 0 unspecified atom stereocenters. The number of carbonyl (C=O) groups excluding carboxylic acids is 1. The molecule has 0 saturated heterocycles. The number of pyridine rings is 1. The van der Waals surface area contributed by atoms with Crippen molar-refractivity contribution in [2.24, 2.45) is 0 Å². The molecule has 0 radical (unpaired) electrons. The van der Waals surface area contributed by atoms with E-state index >= 15 is 0 Å². The highest BCUT2D eigenvalue weighted by Gasteiger charge is 2.09. The number of aromatic nitrogens is 1. The molecule has 2 aromatic carbocycles. The highest BCUT2D eigenvalue weighted by molar-refractivity contribution is 7.99. The second kappa shape index (κ2) is 7.50. The predicted octanol–water partition coefficient (Wildman–Crippen LogP) is 5.51. The van der Waals surface area contributed by atoms with Gasteiger partial charge in [0.15, 0.2) is 0 Å². The molecule has 0 bridgehead atoms. The van der Waals surface area contributed by atoms with Crippen molar-refractivity contribution in [2.45, 2.75) is 39.6 Å². The number of hydrogen-bond donors (Lipinski definition) is 1. The normalized spacial score (nSPS) is 11.0. The number of thioether (sulfide) groups is 1. The van der Waals surface area contributed by atoms with Gasteiger partial charge in [0.05, 0.1) is 16.3 Å². The molecule has 0 saturated carbocycles. The summed E-state index contributed by atoms with van der Waals surface area (Å²) in [6.45, 7) is 10.4. The first-order valence-corrected chi connectivity index (χ1v) is 9.70. The molecule has 3 nitrogen and oxygen atoms in total. The number of carbonyl (C=O) groups is 1. The molecule has 0 aliphatic rings. The van der Waals surface area contributed by atoms with Crippen LogP contribution in [0.2, 0.25) is 0 Å². The van der Waals surface area contributed by atoms with Gasteiger partial charge in [0.25, 0.3) is 0 Å². The summed E-state index contributed by atoms with van der Waals surface area (Å²) in [5.74, 6) is 0.329. The molecule has 1 heterocycles. The van der Waals surface area contributed by atoms with Crippen molar-refractivity contribution in [3.05, 3.63) is 64.2 Å². The molecule has 134 valence electrons. The molecule has 0 atom stereocenters. The van der Waals surface area contributed by atoms with E-state index in [1.54, 1.807) is 0 Å². The van der Waals surface area contributed by atoms with Gasteiger partial charge < -0.3 is 5.32 Å². The molecular formula is C22H24N2OS. The van der Waals surface area contributed by atoms with Crippen LogP contribution in [0.25, 0.3) is 10.9 Å². The van der Waals surface area contributed by atoms with Crippen molar-refractivity contribution in [1.82, 2.24) is 4.98 Å². The third-order valence-electron chi connectivity index (χ3n) is 4.29. The maximum atomic E-state index is 12.3. The van der Waals surface area contributed by atoms with Crippen LogP contribution in [0.3, 0.4) is 0 Å². The van der Waals surface area contributed by atoms with Crippen molar-refractivity contribution in [1.29, 1.82) is 0 Å². The third kappa shape index (κ3) is 4.25. The first kappa shape index (κ1) is 18.5. The Morgan fingerprint density at radius 2 is 1.54 bits per heavy atom. The van der Waals surface area contributed by atoms with Crippen molar-refractivity contribution in [3.8, 4) is 0 Å². The summed E-state index contributed by atoms with van der Waals surface area (Å²) in [6, 6.07) is 12.5. The molecule has 0 fully saturated rings. The molecule has 26 heavy (non-hydrogen) atoms. The summed E-state index contributed by atoms with van der Waals surface area (Å²) >= 11 is 1.47. The largest absolute Gasteiger partial charge is 0.325 e. The molecule has 1 amide bonds. The lowest BCUT2D eigenvalue weighted by Gasteiger charge is -2.10. The Morgan fingerprint density at radius 3 is 2.23 bits per heavy atom. The number of anilines is 1. The standard InChI is InChI=1S/C22H24N2OS/c1-13-6-14(2)9-18(8-13)23-20(25)12-26-21-11-16(4)19-10-15(3)7-17(5)22(19)24-21/h6-11H,12H2,1-5H3,(H,23,25). The number of benzene rings is 2. The van der Waals surface area contributed by atoms with Crippen LogP contribution in [0.15, 0.2) is 41.4 Å². The maximum Gasteiger partial charge on any atom is 0.234 e. The van der Waals surface area contributed by atoms with Crippen molar-refractivity contribution < 1.29 is 4.79 Å². The van der Waals surface area contributed by atoms with Crippen LogP contribution in [0, 0.1) is 34.6 Å². The molecule has 3 rings (SSSR count). The summed E-state index contributed by atoms with van der Waals surface area (Å²) in [5.41, 5.74) is 7.77. The van der Waals surface area contributed by atoms with Gasteiger partial charge in [0.2, 0.25) is 5.91 Å². The average Bonchev–Trinajstić information content (AvgIpc) is 2.53. The average molecular weight is 365 g/mol. The summed E-state index contributed by atoms with van der Waals surface area (Å²) in [7, 11) is 0. The van der Waals surface area contributed by atoms with E-state index in [1.165, 1.54) is 33.8 Å². The van der Waals surface area contributed by atoms with E-state index in [0.717, 1.165) is 27.4 Å². The van der Waals surface area contributed by atoms with Crippen molar-refractivity contribution >= 4 is 34.3 Å². The van der Waals surface area contributed by atoms with Crippen LogP contribution in [0.1, 0.15) is 27.8 Å². The SMILES string of the molecule is Cc1cc(C)cc(NC(=O)CSc2cc(C)c3cc(C)cc(C)c3n2)c1. The highest BCUT2D eigenvalue weighted by atomic mass is 32.2. The van der Waals surface area contributed by atoms with Gasteiger partial charge in [0.1, 0.15) is 0 Å². The molecule has 0 aliphatic carbocycles. The fraction of sp³-hybridized carbons (Fsp3) is 0.273. The molecule has 1 aromatic heterocycles. The highest BCUT2D eigenvalue weighted by Crippen LogP contribution is 2.27. The number of rotatable bonds is 4. The molecule has 0 spiro atoms. The molecule has 3 aromatic rings. The Morgan fingerprint density at radius 1 is 0.885 bits per heavy atom. The van der Waals surface area contributed by atoms with Crippen LogP contribution in [0.5, 0.6) is 0 Å². The minimum absolute atomic E-state index is 0.0137. The molecule has 1 N–H and O–H groups in total. The molecule has 4 heteroatoms. The lowest BCUT2D eigenvalue weighted by atomic mass is 10.0. The number of aryl methyl sites for hydroxylation is 5. The van der Waals surface area contributed by atoms with E-state index in [9.17, 15) is 4.79 Å². The summed E-state index contributed by atoms with van der Waals surface area (Å²) in [4.78, 5) is 17.1. The zero-order valence-electron chi connectivity index (χ0n) is 15.9. The van der Waals surface area contributed by atoms with Gasteiger partial charge >= 0.3 is 0 Å². The lowest BCUT2D eigenvalue weighted by Crippen LogP contribution is -2.14. The summed E-state index contributed by atoms with van der Waals surface area (Å²) < 4.78 is 0. The van der Waals surface area contributed by atoms with Crippen LogP contribution in [-0.2, 0) is 4.79 Å². The molecular weight excluding hydrogens is 340 g/mol. The maximum absolute atomic E-state index is 12.3. The zero-order valence-corrected chi connectivity index (χ0v) is 16.8. The van der Waals surface area contributed by atoms with Gasteiger partial charge in [-0.05, 0) is 81.1 Å². The Balaban J connectivity index is 1.74. The van der Waals surface area contributed by atoms with E-state index in [4.69, 9.17) is 4.98 Å². The Hall–Kier alpha value is -2.33.